The van der Waals surface area contributed by atoms with E-state index in [0.29, 0.717) is 12.4 Å². The lowest BCUT2D eigenvalue weighted by atomic mass is 10.2. The molecule has 1 N–H and O–H groups in total. The average molecular weight is 292 g/mol. The van der Waals surface area contributed by atoms with E-state index in [1.54, 1.807) is 0 Å². The second-order valence-electron chi connectivity index (χ2n) is 4.05. The average Bonchev–Trinajstić information content (AvgIpc) is 2.36. The van der Waals surface area contributed by atoms with Crippen molar-refractivity contribution in [2.45, 2.75) is 19.8 Å². The summed E-state index contributed by atoms with van der Waals surface area (Å²) in [7, 11) is 1.31. The van der Waals surface area contributed by atoms with Crippen molar-refractivity contribution >= 4 is 23.3 Å². The van der Waals surface area contributed by atoms with Gasteiger partial charge in [0.05, 0.1) is 17.1 Å². The fraction of sp³-hybridized carbons (Fsp3) is 0.500. The highest BCUT2D eigenvalue weighted by Gasteiger charge is 2.19. The van der Waals surface area contributed by atoms with E-state index < -0.39 is 18.9 Å². The van der Waals surface area contributed by atoms with Crippen molar-refractivity contribution in [1.82, 2.24) is 9.88 Å². The molecule has 1 aromatic heterocycles. The molecule has 4 nitrogen and oxygen atoms in total. The second kappa shape index (κ2) is 7.23. The van der Waals surface area contributed by atoms with Crippen LogP contribution in [0.5, 0.6) is 0 Å². The molecule has 0 bridgehead atoms. The lowest BCUT2D eigenvalue weighted by molar-refractivity contribution is 0.0620. The third-order valence-electron chi connectivity index (χ3n) is 2.40. The minimum atomic E-state index is -2.58. The van der Waals surface area contributed by atoms with E-state index in [2.05, 4.69) is 10.3 Å². The number of nitrogens with zero attached hydrogens (tertiary/aromatic N) is 2. The number of carbonyl (C=O) groups is 1. The number of rotatable bonds is 6. The van der Waals surface area contributed by atoms with Crippen LogP contribution in [0.15, 0.2) is 12.3 Å². The summed E-state index contributed by atoms with van der Waals surface area (Å²) in [5.41, 5.74) is 0.165. The van der Waals surface area contributed by atoms with Crippen LogP contribution in [0.1, 0.15) is 23.7 Å². The molecule has 0 aliphatic carbocycles. The summed E-state index contributed by atoms with van der Waals surface area (Å²) in [5, 5.41) is 3.15. The molecule has 0 aliphatic rings. The SMILES string of the molecule is CCCNc1cc(C(=O)N(C)CC(F)F)c(Cl)cn1. The summed E-state index contributed by atoms with van der Waals surface area (Å²) < 4.78 is 24.5. The van der Waals surface area contributed by atoms with E-state index in [1.165, 1.54) is 19.3 Å². The van der Waals surface area contributed by atoms with E-state index in [9.17, 15) is 13.6 Å². The molecule has 1 amide bonds. The molecule has 0 radical (unpaired) electrons. The lowest BCUT2D eigenvalue weighted by Crippen LogP contribution is -2.31. The molecule has 1 aromatic rings. The van der Waals surface area contributed by atoms with E-state index >= 15 is 0 Å². The first kappa shape index (κ1) is 15.6. The van der Waals surface area contributed by atoms with Gasteiger partial charge in [-0.3, -0.25) is 4.79 Å². The Morgan fingerprint density at radius 1 is 1.58 bits per heavy atom. The Morgan fingerprint density at radius 3 is 2.84 bits per heavy atom. The standard InChI is InChI=1S/C12H16ClF2N3O/c1-3-4-16-11-5-8(9(13)6-17-11)12(19)18(2)7-10(14)15/h5-6,10H,3-4,7H2,1-2H3,(H,16,17). The van der Waals surface area contributed by atoms with Crippen molar-refractivity contribution in [3.8, 4) is 0 Å². The largest absolute Gasteiger partial charge is 0.370 e. The van der Waals surface area contributed by atoms with Crippen molar-refractivity contribution in [3.05, 3.63) is 22.8 Å². The fourth-order valence-corrected chi connectivity index (χ4v) is 1.63. The molecular weight excluding hydrogens is 276 g/mol. The first-order valence-electron chi connectivity index (χ1n) is 5.88. The second-order valence-corrected chi connectivity index (χ2v) is 4.46. The zero-order valence-corrected chi connectivity index (χ0v) is 11.5. The van der Waals surface area contributed by atoms with Gasteiger partial charge in [0.25, 0.3) is 12.3 Å². The number of halogens is 3. The van der Waals surface area contributed by atoms with Crippen molar-refractivity contribution in [2.75, 3.05) is 25.5 Å². The Kier molecular flexibility index (Phi) is 5.95. The van der Waals surface area contributed by atoms with Crippen molar-refractivity contribution in [2.24, 2.45) is 0 Å². The maximum Gasteiger partial charge on any atom is 0.255 e. The molecule has 1 heterocycles. The van der Waals surface area contributed by atoms with Crippen LogP contribution in [0.3, 0.4) is 0 Å². The topological polar surface area (TPSA) is 45.2 Å². The zero-order chi connectivity index (χ0) is 14.4. The van der Waals surface area contributed by atoms with Gasteiger partial charge >= 0.3 is 0 Å². The first-order valence-corrected chi connectivity index (χ1v) is 6.26. The van der Waals surface area contributed by atoms with Gasteiger partial charge in [-0.25, -0.2) is 13.8 Å². The molecular formula is C12H16ClF2N3O. The molecule has 1 rings (SSSR count). The molecule has 0 spiro atoms. The molecule has 106 valence electrons. The summed E-state index contributed by atoms with van der Waals surface area (Å²) >= 11 is 5.88. The van der Waals surface area contributed by atoms with Gasteiger partial charge in [-0.15, -0.1) is 0 Å². The van der Waals surface area contributed by atoms with Crippen molar-refractivity contribution < 1.29 is 13.6 Å². The molecule has 7 heteroatoms. The van der Waals surface area contributed by atoms with E-state index in [1.807, 2.05) is 6.92 Å². The third-order valence-corrected chi connectivity index (χ3v) is 2.70. The highest BCUT2D eigenvalue weighted by Crippen LogP contribution is 2.20. The monoisotopic (exact) mass is 291 g/mol. The smallest absolute Gasteiger partial charge is 0.255 e. The number of pyridine rings is 1. The number of hydrogen-bond acceptors (Lipinski definition) is 3. The Hall–Kier alpha value is -1.43. The number of amides is 1. The molecule has 19 heavy (non-hydrogen) atoms. The summed E-state index contributed by atoms with van der Waals surface area (Å²) in [5.74, 6) is -0.0488. The van der Waals surface area contributed by atoms with E-state index in [-0.39, 0.29) is 10.6 Å². The first-order chi connectivity index (χ1) is 8.95. The number of hydrogen-bond donors (Lipinski definition) is 1. The quantitative estimate of drug-likeness (QED) is 0.876. The van der Waals surface area contributed by atoms with Gasteiger partial charge < -0.3 is 10.2 Å². The minimum Gasteiger partial charge on any atom is -0.370 e. The minimum absolute atomic E-state index is 0.146. The number of alkyl halides is 2. The van der Waals surface area contributed by atoms with Gasteiger partial charge in [-0.1, -0.05) is 18.5 Å². The Labute approximate surface area is 115 Å². The molecule has 0 aromatic carbocycles. The van der Waals surface area contributed by atoms with Gasteiger partial charge in [0.15, 0.2) is 0 Å². The van der Waals surface area contributed by atoms with Crippen LogP contribution in [0.2, 0.25) is 5.02 Å². The number of aromatic nitrogens is 1. The maximum atomic E-state index is 12.3. The predicted octanol–water partition coefficient (Wildman–Crippen LogP) is 2.89. The molecule has 0 fully saturated rings. The Balaban J connectivity index is 2.88. The van der Waals surface area contributed by atoms with Crippen LogP contribution in [0, 0.1) is 0 Å². The zero-order valence-electron chi connectivity index (χ0n) is 10.8. The molecule has 0 saturated carbocycles. The van der Waals surface area contributed by atoms with Crippen LogP contribution in [-0.2, 0) is 0 Å². The van der Waals surface area contributed by atoms with Gasteiger partial charge in [0.2, 0.25) is 0 Å². The van der Waals surface area contributed by atoms with Gasteiger partial charge in [0, 0.05) is 19.8 Å². The Bertz CT molecular complexity index is 443. The predicted molar refractivity (Wildman–Crippen MR) is 71.0 cm³/mol. The van der Waals surface area contributed by atoms with Crippen LogP contribution >= 0.6 is 11.6 Å². The summed E-state index contributed by atoms with van der Waals surface area (Å²) in [6.07, 6.45) is -0.339. The molecule has 0 unspecified atom stereocenters. The van der Waals surface area contributed by atoms with Crippen LogP contribution < -0.4 is 5.32 Å². The molecule has 0 aliphatic heterocycles. The number of carbonyl (C=O) groups excluding carboxylic acids is 1. The van der Waals surface area contributed by atoms with Crippen molar-refractivity contribution in [1.29, 1.82) is 0 Å². The van der Waals surface area contributed by atoms with Gasteiger partial charge in [0.1, 0.15) is 5.82 Å². The summed E-state index contributed by atoms with van der Waals surface area (Å²) in [4.78, 5) is 16.9. The molecule has 0 atom stereocenters. The highest BCUT2D eigenvalue weighted by molar-refractivity contribution is 6.33. The van der Waals surface area contributed by atoms with E-state index in [4.69, 9.17) is 11.6 Å². The lowest BCUT2D eigenvalue weighted by Gasteiger charge is -2.17. The van der Waals surface area contributed by atoms with E-state index in [0.717, 1.165) is 11.3 Å². The molecule has 0 saturated heterocycles. The fourth-order valence-electron chi connectivity index (χ4n) is 1.45. The number of nitrogens with one attached hydrogen (secondary N) is 1. The Morgan fingerprint density at radius 2 is 2.26 bits per heavy atom. The van der Waals surface area contributed by atoms with Crippen LogP contribution in [0.4, 0.5) is 14.6 Å². The van der Waals surface area contributed by atoms with Crippen LogP contribution in [0.25, 0.3) is 0 Å². The summed E-state index contributed by atoms with van der Waals surface area (Å²) in [6.45, 7) is 2.07. The van der Waals surface area contributed by atoms with Crippen LogP contribution in [-0.4, -0.2) is 42.4 Å². The highest BCUT2D eigenvalue weighted by atomic mass is 35.5. The van der Waals surface area contributed by atoms with Gasteiger partial charge in [-0.05, 0) is 12.5 Å². The number of anilines is 1. The van der Waals surface area contributed by atoms with Gasteiger partial charge in [-0.2, -0.15) is 0 Å². The third kappa shape index (κ3) is 4.63. The normalized spacial score (nSPS) is 10.6. The summed E-state index contributed by atoms with van der Waals surface area (Å²) in [6, 6.07) is 1.47. The maximum absolute atomic E-state index is 12.3. The van der Waals surface area contributed by atoms with Crippen molar-refractivity contribution in [3.63, 3.8) is 0 Å².